The highest BCUT2D eigenvalue weighted by Gasteiger charge is 2.11. The van der Waals surface area contributed by atoms with Gasteiger partial charge in [-0.05, 0) is 53.5 Å². The number of carbonyl (C=O) groups is 2. The number of hydrogen-bond donors (Lipinski definition) is 1. The van der Waals surface area contributed by atoms with Crippen LogP contribution >= 0.6 is 0 Å². The molecular weight excluding hydrogens is 290 g/mol. The van der Waals surface area contributed by atoms with Crippen LogP contribution < -0.4 is 5.32 Å². The van der Waals surface area contributed by atoms with Crippen LogP contribution in [0.25, 0.3) is 11.1 Å². The molecule has 118 valence electrons. The average Bonchev–Trinajstić information content (AvgIpc) is 2.61. The lowest BCUT2D eigenvalue weighted by molar-refractivity contribution is -0.111. The monoisotopic (exact) mass is 309 g/mol. The van der Waals surface area contributed by atoms with Crippen molar-refractivity contribution >= 4 is 17.6 Å². The number of nitrogens with one attached hydrogen (secondary N) is 1. The van der Waals surface area contributed by atoms with E-state index in [9.17, 15) is 9.59 Å². The lowest BCUT2D eigenvalue weighted by atomic mass is 9.95. The van der Waals surface area contributed by atoms with Crippen molar-refractivity contribution in [3.63, 3.8) is 0 Å². The van der Waals surface area contributed by atoms with Crippen LogP contribution in [0.15, 0.2) is 55.1 Å². The van der Waals surface area contributed by atoms with Gasteiger partial charge in [-0.1, -0.05) is 31.7 Å². The summed E-state index contributed by atoms with van der Waals surface area (Å²) in [6.07, 6.45) is 2.08. The van der Waals surface area contributed by atoms with E-state index in [0.717, 1.165) is 23.1 Å². The molecule has 0 spiro atoms. The lowest BCUT2D eigenvalue weighted by Gasteiger charge is -2.11. The largest absolute Gasteiger partial charge is 0.465 e. The quantitative estimate of drug-likeness (QED) is 0.674. The summed E-state index contributed by atoms with van der Waals surface area (Å²) in [5.41, 5.74) is 4.31. The third kappa shape index (κ3) is 3.86. The van der Waals surface area contributed by atoms with Crippen LogP contribution in [0.5, 0.6) is 0 Å². The third-order valence-electron chi connectivity index (χ3n) is 3.56. The molecule has 0 fully saturated rings. The number of esters is 1. The Morgan fingerprint density at radius 2 is 1.87 bits per heavy atom. The van der Waals surface area contributed by atoms with Gasteiger partial charge >= 0.3 is 5.97 Å². The molecular formula is C19H19NO3. The van der Waals surface area contributed by atoms with E-state index in [1.165, 1.54) is 13.2 Å². The minimum Gasteiger partial charge on any atom is -0.465 e. The number of methoxy groups -OCH3 is 1. The van der Waals surface area contributed by atoms with E-state index in [2.05, 4.69) is 18.8 Å². The first-order valence-electron chi connectivity index (χ1n) is 7.34. The maximum atomic E-state index is 11.7. The molecule has 1 amide bonds. The summed E-state index contributed by atoms with van der Waals surface area (Å²) in [4.78, 5) is 23.0. The second-order valence-electron chi connectivity index (χ2n) is 4.99. The van der Waals surface area contributed by atoms with Gasteiger partial charge in [-0.15, -0.1) is 0 Å². The molecule has 0 aliphatic carbocycles. The second kappa shape index (κ2) is 7.40. The Labute approximate surface area is 135 Å². The van der Waals surface area contributed by atoms with Crippen molar-refractivity contribution in [1.82, 2.24) is 0 Å². The van der Waals surface area contributed by atoms with E-state index in [1.807, 2.05) is 36.4 Å². The highest BCUT2D eigenvalue weighted by atomic mass is 16.5. The Morgan fingerprint density at radius 3 is 2.43 bits per heavy atom. The van der Waals surface area contributed by atoms with E-state index in [4.69, 9.17) is 4.74 Å². The standard InChI is InChI=1S/C19H19NO3/c1-4-13-6-7-15(19(22)23-3)12-17(13)14-8-10-16(11-9-14)20-18(21)5-2/h5-12H,2,4H2,1,3H3,(H,20,21). The molecule has 2 aromatic carbocycles. The summed E-state index contributed by atoms with van der Waals surface area (Å²) in [6.45, 7) is 5.49. The fourth-order valence-electron chi connectivity index (χ4n) is 2.32. The summed E-state index contributed by atoms with van der Waals surface area (Å²) in [7, 11) is 1.37. The predicted molar refractivity (Wildman–Crippen MR) is 91.4 cm³/mol. The van der Waals surface area contributed by atoms with Gasteiger partial charge in [0.2, 0.25) is 5.91 Å². The van der Waals surface area contributed by atoms with Crippen LogP contribution in [0.1, 0.15) is 22.8 Å². The zero-order chi connectivity index (χ0) is 16.8. The molecule has 0 radical (unpaired) electrons. The summed E-state index contributed by atoms with van der Waals surface area (Å²) < 4.78 is 4.78. The van der Waals surface area contributed by atoms with Crippen molar-refractivity contribution in [2.45, 2.75) is 13.3 Å². The molecule has 0 heterocycles. The van der Waals surface area contributed by atoms with Crippen molar-refractivity contribution in [3.05, 3.63) is 66.2 Å². The Morgan fingerprint density at radius 1 is 1.17 bits per heavy atom. The summed E-state index contributed by atoms with van der Waals surface area (Å²) in [5.74, 6) is -0.608. The number of anilines is 1. The molecule has 0 aliphatic rings. The van der Waals surface area contributed by atoms with Gasteiger partial charge < -0.3 is 10.1 Å². The number of hydrogen-bond acceptors (Lipinski definition) is 3. The number of amides is 1. The average molecular weight is 309 g/mol. The molecule has 0 aromatic heterocycles. The molecule has 0 bridgehead atoms. The zero-order valence-corrected chi connectivity index (χ0v) is 13.3. The predicted octanol–water partition coefficient (Wildman–Crippen LogP) is 3.83. The summed E-state index contributed by atoms with van der Waals surface area (Å²) in [6, 6.07) is 13.0. The maximum absolute atomic E-state index is 11.7. The maximum Gasteiger partial charge on any atom is 0.337 e. The van der Waals surface area contributed by atoms with Crippen LogP contribution in [0.2, 0.25) is 0 Å². The lowest BCUT2D eigenvalue weighted by Crippen LogP contribution is -2.06. The van der Waals surface area contributed by atoms with Crippen molar-refractivity contribution in [1.29, 1.82) is 0 Å². The first-order valence-corrected chi connectivity index (χ1v) is 7.34. The second-order valence-corrected chi connectivity index (χ2v) is 4.99. The molecule has 4 heteroatoms. The number of benzene rings is 2. The molecule has 0 unspecified atom stereocenters. The Balaban J connectivity index is 2.38. The van der Waals surface area contributed by atoms with Crippen LogP contribution in [0.3, 0.4) is 0 Å². The number of ether oxygens (including phenoxy) is 1. The molecule has 1 N–H and O–H groups in total. The highest BCUT2D eigenvalue weighted by molar-refractivity contribution is 5.99. The van der Waals surface area contributed by atoms with Crippen LogP contribution in [0.4, 0.5) is 5.69 Å². The van der Waals surface area contributed by atoms with Gasteiger partial charge in [0.25, 0.3) is 0 Å². The van der Waals surface area contributed by atoms with Crippen molar-refractivity contribution in [2.24, 2.45) is 0 Å². The first kappa shape index (κ1) is 16.5. The van der Waals surface area contributed by atoms with E-state index in [-0.39, 0.29) is 11.9 Å². The van der Waals surface area contributed by atoms with Crippen LogP contribution in [-0.2, 0) is 16.0 Å². The van der Waals surface area contributed by atoms with Gasteiger partial charge in [-0.3, -0.25) is 4.79 Å². The smallest absolute Gasteiger partial charge is 0.337 e. The van der Waals surface area contributed by atoms with Gasteiger partial charge in [0.1, 0.15) is 0 Å². The highest BCUT2D eigenvalue weighted by Crippen LogP contribution is 2.27. The molecule has 2 aromatic rings. The van der Waals surface area contributed by atoms with Crippen molar-refractivity contribution in [3.8, 4) is 11.1 Å². The fourth-order valence-corrected chi connectivity index (χ4v) is 2.32. The third-order valence-corrected chi connectivity index (χ3v) is 3.56. The van der Waals surface area contributed by atoms with E-state index >= 15 is 0 Å². The fraction of sp³-hybridized carbons (Fsp3) is 0.158. The Bertz CT molecular complexity index is 733. The Kier molecular flexibility index (Phi) is 5.31. The van der Waals surface area contributed by atoms with Gasteiger partial charge in [-0.25, -0.2) is 4.79 Å². The molecule has 0 saturated heterocycles. The minimum atomic E-state index is -0.358. The zero-order valence-electron chi connectivity index (χ0n) is 13.3. The first-order chi connectivity index (χ1) is 11.1. The number of carbonyl (C=O) groups excluding carboxylic acids is 2. The summed E-state index contributed by atoms with van der Waals surface area (Å²) in [5, 5.41) is 2.71. The molecule has 2 rings (SSSR count). The van der Waals surface area contributed by atoms with E-state index in [0.29, 0.717) is 11.3 Å². The topological polar surface area (TPSA) is 55.4 Å². The van der Waals surface area contributed by atoms with Crippen LogP contribution in [-0.4, -0.2) is 19.0 Å². The molecule has 4 nitrogen and oxygen atoms in total. The van der Waals surface area contributed by atoms with Gasteiger partial charge in [0.05, 0.1) is 12.7 Å². The van der Waals surface area contributed by atoms with E-state index < -0.39 is 0 Å². The molecule has 0 saturated carbocycles. The minimum absolute atomic E-state index is 0.250. The van der Waals surface area contributed by atoms with Gasteiger partial charge in [0.15, 0.2) is 0 Å². The SMILES string of the molecule is C=CC(=O)Nc1ccc(-c2cc(C(=O)OC)ccc2CC)cc1. The van der Waals surface area contributed by atoms with Crippen molar-refractivity contribution < 1.29 is 14.3 Å². The number of aryl methyl sites for hydroxylation is 1. The molecule has 0 aliphatic heterocycles. The van der Waals surface area contributed by atoms with Gasteiger partial charge in [-0.2, -0.15) is 0 Å². The van der Waals surface area contributed by atoms with Crippen LogP contribution in [0, 0.1) is 0 Å². The van der Waals surface area contributed by atoms with E-state index in [1.54, 1.807) is 6.07 Å². The molecule has 23 heavy (non-hydrogen) atoms. The summed E-state index contributed by atoms with van der Waals surface area (Å²) >= 11 is 0. The van der Waals surface area contributed by atoms with Crippen molar-refractivity contribution in [2.75, 3.05) is 12.4 Å². The number of rotatable bonds is 5. The normalized spacial score (nSPS) is 10.0. The van der Waals surface area contributed by atoms with Gasteiger partial charge in [0, 0.05) is 5.69 Å². The molecule has 0 atom stereocenters. The Hall–Kier alpha value is -2.88.